The fourth-order valence-electron chi connectivity index (χ4n) is 4.03. The third-order valence-corrected chi connectivity index (χ3v) is 7.50. The third kappa shape index (κ3) is 5.69. The molecular weight excluding hydrogens is 470 g/mol. The number of carbonyl (C=O) groups excluding carboxylic acids is 3. The Morgan fingerprint density at radius 2 is 1.74 bits per heavy atom. The van der Waals surface area contributed by atoms with Gasteiger partial charge in [-0.25, -0.2) is 4.79 Å². The summed E-state index contributed by atoms with van der Waals surface area (Å²) in [5, 5.41) is 3.31. The summed E-state index contributed by atoms with van der Waals surface area (Å²) in [6, 6.07) is 15.7. The van der Waals surface area contributed by atoms with Crippen molar-refractivity contribution in [2.75, 3.05) is 18.2 Å². The maximum absolute atomic E-state index is 13.3. The van der Waals surface area contributed by atoms with Crippen molar-refractivity contribution < 1.29 is 23.3 Å². The summed E-state index contributed by atoms with van der Waals surface area (Å²) in [4.78, 5) is 39.5. The molecule has 8 heteroatoms. The molecule has 1 N–H and O–H groups in total. The summed E-state index contributed by atoms with van der Waals surface area (Å²) in [6.07, 6.45) is 5.35. The normalized spacial score (nSPS) is 13.6. The van der Waals surface area contributed by atoms with E-state index >= 15 is 0 Å². The van der Waals surface area contributed by atoms with Gasteiger partial charge in [-0.15, -0.1) is 11.3 Å². The van der Waals surface area contributed by atoms with Crippen LogP contribution < -0.4 is 5.32 Å². The molecule has 3 aromatic rings. The minimum Gasteiger partial charge on any atom is -0.452 e. The molecule has 1 heterocycles. The van der Waals surface area contributed by atoms with Crippen molar-refractivity contribution in [1.82, 2.24) is 0 Å². The largest absolute Gasteiger partial charge is 0.452 e. The van der Waals surface area contributed by atoms with E-state index in [1.807, 2.05) is 18.2 Å². The minimum absolute atomic E-state index is 0.113. The molecule has 176 valence electrons. The van der Waals surface area contributed by atoms with Crippen LogP contribution in [0, 0.1) is 0 Å². The van der Waals surface area contributed by atoms with E-state index in [0.717, 1.165) is 41.7 Å². The SMILES string of the molecule is CS(=O)Cc1cccc(C(=O)OCC(=O)Nc2sc3c(c2C(=O)c2ccccc2)CCCC3)c1. The Morgan fingerprint density at radius 1 is 1.00 bits per heavy atom. The van der Waals surface area contributed by atoms with Gasteiger partial charge in [-0.1, -0.05) is 42.5 Å². The van der Waals surface area contributed by atoms with E-state index in [2.05, 4.69) is 5.32 Å². The molecule has 0 aliphatic heterocycles. The Hall–Kier alpha value is -3.10. The van der Waals surface area contributed by atoms with Crippen LogP contribution in [0.25, 0.3) is 0 Å². The Balaban J connectivity index is 1.47. The number of anilines is 1. The van der Waals surface area contributed by atoms with Crippen LogP contribution in [0.4, 0.5) is 5.00 Å². The first kappa shape index (κ1) is 24.0. The van der Waals surface area contributed by atoms with Crippen molar-refractivity contribution in [3.63, 3.8) is 0 Å². The zero-order valence-corrected chi connectivity index (χ0v) is 20.4. The number of esters is 1. The second kappa shape index (κ2) is 10.9. The van der Waals surface area contributed by atoms with Gasteiger partial charge in [0, 0.05) is 33.2 Å². The quantitative estimate of drug-likeness (QED) is 0.366. The molecule has 1 aromatic heterocycles. The molecule has 1 aliphatic rings. The van der Waals surface area contributed by atoms with Crippen molar-refractivity contribution in [2.45, 2.75) is 31.4 Å². The van der Waals surface area contributed by atoms with E-state index in [-0.39, 0.29) is 5.78 Å². The number of aryl methyl sites for hydroxylation is 1. The first-order valence-electron chi connectivity index (χ1n) is 11.0. The molecule has 0 spiro atoms. The highest BCUT2D eigenvalue weighted by molar-refractivity contribution is 7.83. The summed E-state index contributed by atoms with van der Waals surface area (Å²) in [5.74, 6) is -0.912. The summed E-state index contributed by atoms with van der Waals surface area (Å²) >= 11 is 1.43. The molecule has 34 heavy (non-hydrogen) atoms. The molecule has 6 nitrogen and oxygen atoms in total. The van der Waals surface area contributed by atoms with Crippen molar-refractivity contribution in [3.05, 3.63) is 87.3 Å². The second-order valence-corrected chi connectivity index (χ2v) is 10.7. The Bertz CT molecular complexity index is 1250. The lowest BCUT2D eigenvalue weighted by molar-refractivity contribution is -0.119. The number of amides is 1. The van der Waals surface area contributed by atoms with Gasteiger partial charge in [0.15, 0.2) is 12.4 Å². The third-order valence-electron chi connectivity index (χ3n) is 5.55. The van der Waals surface area contributed by atoms with Crippen molar-refractivity contribution >= 4 is 44.8 Å². The number of ether oxygens (including phenoxy) is 1. The maximum atomic E-state index is 13.3. The predicted octanol–water partition coefficient (Wildman–Crippen LogP) is 4.53. The molecular formula is C26H25NO5S2. The van der Waals surface area contributed by atoms with E-state index in [1.165, 1.54) is 11.3 Å². The van der Waals surface area contributed by atoms with Crippen LogP contribution in [-0.2, 0) is 38.9 Å². The lowest BCUT2D eigenvalue weighted by Crippen LogP contribution is -2.21. The number of thiophene rings is 1. The number of hydrogen-bond donors (Lipinski definition) is 1. The smallest absolute Gasteiger partial charge is 0.338 e. The number of hydrogen-bond acceptors (Lipinski definition) is 6. The first-order valence-corrected chi connectivity index (χ1v) is 13.6. The van der Waals surface area contributed by atoms with Crippen LogP contribution in [0.2, 0.25) is 0 Å². The molecule has 1 atom stereocenters. The lowest BCUT2D eigenvalue weighted by Gasteiger charge is -2.12. The molecule has 0 saturated carbocycles. The molecule has 0 fully saturated rings. The molecule has 2 aromatic carbocycles. The molecule has 1 amide bonds. The van der Waals surface area contributed by atoms with Gasteiger partial charge in [-0.2, -0.15) is 0 Å². The predicted molar refractivity (Wildman–Crippen MR) is 134 cm³/mol. The van der Waals surface area contributed by atoms with E-state index < -0.39 is 29.3 Å². The van der Waals surface area contributed by atoms with Crippen LogP contribution in [0.15, 0.2) is 54.6 Å². The topological polar surface area (TPSA) is 89.5 Å². The molecule has 1 aliphatic carbocycles. The van der Waals surface area contributed by atoms with Crippen LogP contribution in [0.5, 0.6) is 0 Å². The van der Waals surface area contributed by atoms with E-state index in [0.29, 0.717) is 27.4 Å². The van der Waals surface area contributed by atoms with Crippen molar-refractivity contribution in [3.8, 4) is 0 Å². The number of nitrogens with one attached hydrogen (secondary N) is 1. The van der Waals surface area contributed by atoms with Gasteiger partial charge in [-0.3, -0.25) is 13.8 Å². The van der Waals surface area contributed by atoms with Crippen LogP contribution in [0.3, 0.4) is 0 Å². The van der Waals surface area contributed by atoms with Gasteiger partial charge in [-0.05, 0) is 48.9 Å². The van der Waals surface area contributed by atoms with Gasteiger partial charge in [0.25, 0.3) is 5.91 Å². The molecule has 4 rings (SSSR count). The van der Waals surface area contributed by atoms with Gasteiger partial charge in [0.1, 0.15) is 5.00 Å². The number of ketones is 1. The van der Waals surface area contributed by atoms with Gasteiger partial charge < -0.3 is 10.1 Å². The fourth-order valence-corrected chi connectivity index (χ4v) is 5.98. The number of carbonyl (C=O) groups is 3. The first-order chi connectivity index (χ1) is 16.4. The fraction of sp³-hybridized carbons (Fsp3) is 0.269. The van der Waals surface area contributed by atoms with Crippen LogP contribution in [-0.4, -0.2) is 34.7 Å². The highest BCUT2D eigenvalue weighted by Gasteiger charge is 2.27. The lowest BCUT2D eigenvalue weighted by atomic mass is 9.92. The van der Waals surface area contributed by atoms with E-state index in [4.69, 9.17) is 4.74 Å². The molecule has 1 unspecified atom stereocenters. The average molecular weight is 496 g/mol. The van der Waals surface area contributed by atoms with Crippen LogP contribution in [0.1, 0.15) is 55.1 Å². The summed E-state index contributed by atoms with van der Waals surface area (Å²) in [6.45, 7) is -0.468. The Morgan fingerprint density at radius 3 is 2.50 bits per heavy atom. The Labute approximate surface area is 204 Å². The monoisotopic (exact) mass is 495 g/mol. The minimum atomic E-state index is -1.03. The van der Waals surface area contributed by atoms with E-state index in [9.17, 15) is 18.6 Å². The Kier molecular flexibility index (Phi) is 7.70. The van der Waals surface area contributed by atoms with Crippen LogP contribution >= 0.6 is 11.3 Å². The average Bonchev–Trinajstić information content (AvgIpc) is 3.20. The molecule has 0 radical (unpaired) electrons. The second-order valence-electron chi connectivity index (χ2n) is 8.15. The van der Waals surface area contributed by atoms with Gasteiger partial charge in [0.05, 0.1) is 11.1 Å². The standard InChI is InChI=1S/C26H25NO5S2/c1-34(31)16-17-8-7-11-19(14-17)26(30)32-15-22(28)27-25-23(20-12-5-6-13-21(20)33-25)24(29)18-9-3-2-4-10-18/h2-4,7-11,14H,5-6,12-13,15-16H2,1H3,(H,27,28). The van der Waals surface area contributed by atoms with Crippen molar-refractivity contribution in [1.29, 1.82) is 0 Å². The van der Waals surface area contributed by atoms with Gasteiger partial charge in [0.2, 0.25) is 0 Å². The van der Waals surface area contributed by atoms with Gasteiger partial charge >= 0.3 is 5.97 Å². The summed E-state index contributed by atoms with van der Waals surface area (Å²) in [5.41, 5.74) is 3.19. The zero-order chi connectivity index (χ0) is 24.1. The number of fused-ring (bicyclic) bond motifs is 1. The number of benzene rings is 2. The molecule has 0 saturated heterocycles. The summed E-state index contributed by atoms with van der Waals surface area (Å²) in [7, 11) is -1.03. The summed E-state index contributed by atoms with van der Waals surface area (Å²) < 4.78 is 16.6. The number of rotatable bonds is 8. The molecule has 0 bridgehead atoms. The highest BCUT2D eigenvalue weighted by Crippen LogP contribution is 2.39. The van der Waals surface area contributed by atoms with Crippen molar-refractivity contribution in [2.24, 2.45) is 0 Å². The van der Waals surface area contributed by atoms with E-state index in [1.54, 1.807) is 42.7 Å². The highest BCUT2D eigenvalue weighted by atomic mass is 32.2. The zero-order valence-electron chi connectivity index (χ0n) is 18.8. The maximum Gasteiger partial charge on any atom is 0.338 e.